The predicted molar refractivity (Wildman–Crippen MR) is 132 cm³/mol. The molecule has 3 rings (SSSR count). The van der Waals surface area contributed by atoms with E-state index in [2.05, 4.69) is 41.5 Å². The van der Waals surface area contributed by atoms with Crippen LogP contribution in [0.15, 0.2) is 58.3 Å². The van der Waals surface area contributed by atoms with Gasteiger partial charge in [-0.2, -0.15) is 8.61 Å². The third-order valence-corrected chi connectivity index (χ3v) is 10.1. The minimum Gasteiger partial charge on any atom is -0.207 e. The summed E-state index contributed by atoms with van der Waals surface area (Å²) >= 11 is 0. The zero-order chi connectivity index (χ0) is 24.8. The van der Waals surface area contributed by atoms with Gasteiger partial charge in [0, 0.05) is 25.7 Å². The van der Waals surface area contributed by atoms with Crippen LogP contribution in [0.25, 0.3) is 0 Å². The number of benzene rings is 2. The van der Waals surface area contributed by atoms with Crippen molar-refractivity contribution in [2.24, 2.45) is 0 Å². The van der Waals surface area contributed by atoms with Gasteiger partial charge in [-0.3, -0.25) is 0 Å². The number of sulfonamides is 2. The molecule has 1 aliphatic rings. The standard InChI is InChI=1S/C25H36N2O4S2/c1-19-18-26(32(28,29)22-12-8-20(9-13-22)24(2,3)4)16-17-27(19)33(30,31)23-14-10-21(11-15-23)25(5,6)7/h8-15,19H,16-18H2,1-7H3/t19-/m0/s1. The highest BCUT2D eigenvalue weighted by molar-refractivity contribution is 7.89. The first-order valence-corrected chi connectivity index (χ1v) is 14.2. The highest BCUT2D eigenvalue weighted by Crippen LogP contribution is 2.29. The van der Waals surface area contributed by atoms with E-state index in [9.17, 15) is 16.8 Å². The molecule has 0 aromatic heterocycles. The topological polar surface area (TPSA) is 74.8 Å². The molecule has 6 nitrogen and oxygen atoms in total. The molecule has 0 saturated carbocycles. The average molecular weight is 493 g/mol. The van der Waals surface area contributed by atoms with Gasteiger partial charge in [0.15, 0.2) is 0 Å². The fourth-order valence-corrected chi connectivity index (χ4v) is 7.15. The summed E-state index contributed by atoms with van der Waals surface area (Å²) in [6.07, 6.45) is 0. The van der Waals surface area contributed by atoms with Crippen molar-refractivity contribution >= 4 is 20.0 Å². The van der Waals surface area contributed by atoms with Gasteiger partial charge in [0.1, 0.15) is 0 Å². The smallest absolute Gasteiger partial charge is 0.207 e. The third kappa shape index (κ3) is 5.34. The molecular weight excluding hydrogens is 456 g/mol. The molecule has 0 bridgehead atoms. The van der Waals surface area contributed by atoms with Gasteiger partial charge < -0.3 is 0 Å². The molecular formula is C25H36N2O4S2. The van der Waals surface area contributed by atoms with Crippen LogP contribution < -0.4 is 0 Å². The van der Waals surface area contributed by atoms with Crippen molar-refractivity contribution < 1.29 is 16.8 Å². The molecule has 0 N–H and O–H groups in total. The van der Waals surface area contributed by atoms with Crippen molar-refractivity contribution in [3.63, 3.8) is 0 Å². The van der Waals surface area contributed by atoms with E-state index >= 15 is 0 Å². The maximum atomic E-state index is 13.3. The number of hydrogen-bond donors (Lipinski definition) is 0. The van der Waals surface area contributed by atoms with E-state index in [0.29, 0.717) is 0 Å². The van der Waals surface area contributed by atoms with Gasteiger partial charge in [0.05, 0.1) is 9.79 Å². The van der Waals surface area contributed by atoms with Crippen molar-refractivity contribution in [1.29, 1.82) is 0 Å². The van der Waals surface area contributed by atoms with Gasteiger partial charge in [-0.1, -0.05) is 65.8 Å². The normalized spacial score (nSPS) is 19.5. The lowest BCUT2D eigenvalue weighted by Gasteiger charge is -2.38. The van der Waals surface area contributed by atoms with Crippen LogP contribution in [-0.2, 0) is 30.9 Å². The van der Waals surface area contributed by atoms with E-state index in [-0.39, 0.29) is 40.3 Å². The third-order valence-electron chi connectivity index (χ3n) is 6.21. The Hall–Kier alpha value is -1.74. The summed E-state index contributed by atoms with van der Waals surface area (Å²) in [5.41, 5.74) is 1.98. The monoisotopic (exact) mass is 492 g/mol. The highest BCUT2D eigenvalue weighted by Gasteiger charge is 2.38. The van der Waals surface area contributed by atoms with Crippen molar-refractivity contribution in [2.45, 2.75) is 75.1 Å². The Bertz CT molecular complexity index is 1190. The summed E-state index contributed by atoms with van der Waals surface area (Å²) < 4.78 is 55.8. The van der Waals surface area contributed by atoms with Gasteiger partial charge in [-0.15, -0.1) is 0 Å². The van der Waals surface area contributed by atoms with Crippen LogP contribution in [0.3, 0.4) is 0 Å². The molecule has 1 aliphatic heterocycles. The van der Waals surface area contributed by atoms with Crippen molar-refractivity contribution in [2.75, 3.05) is 19.6 Å². The average Bonchev–Trinajstić information content (AvgIpc) is 2.72. The lowest BCUT2D eigenvalue weighted by molar-refractivity contribution is 0.212. The Morgan fingerprint density at radius 3 is 1.42 bits per heavy atom. The molecule has 0 unspecified atom stereocenters. The highest BCUT2D eigenvalue weighted by atomic mass is 32.2. The van der Waals surface area contributed by atoms with E-state index in [1.165, 1.54) is 8.61 Å². The van der Waals surface area contributed by atoms with Crippen LogP contribution >= 0.6 is 0 Å². The van der Waals surface area contributed by atoms with Crippen LogP contribution in [0.4, 0.5) is 0 Å². The number of nitrogens with zero attached hydrogens (tertiary/aromatic N) is 2. The van der Waals surface area contributed by atoms with E-state index in [1.54, 1.807) is 31.2 Å². The molecule has 1 atom stereocenters. The van der Waals surface area contributed by atoms with E-state index in [0.717, 1.165) is 11.1 Å². The largest absolute Gasteiger partial charge is 0.243 e. The van der Waals surface area contributed by atoms with Crippen molar-refractivity contribution in [1.82, 2.24) is 8.61 Å². The molecule has 0 aliphatic carbocycles. The molecule has 2 aromatic rings. The Morgan fingerprint density at radius 1 is 0.667 bits per heavy atom. The maximum absolute atomic E-state index is 13.3. The minimum atomic E-state index is -3.72. The Balaban J connectivity index is 1.78. The van der Waals surface area contributed by atoms with Gasteiger partial charge in [-0.05, 0) is 53.1 Å². The maximum Gasteiger partial charge on any atom is 0.243 e. The summed E-state index contributed by atoms with van der Waals surface area (Å²) in [6, 6.07) is 13.5. The van der Waals surface area contributed by atoms with Crippen LogP contribution in [0.2, 0.25) is 0 Å². The predicted octanol–water partition coefficient (Wildman–Crippen LogP) is 4.37. The van der Waals surface area contributed by atoms with Crippen LogP contribution in [-0.4, -0.2) is 51.1 Å². The van der Waals surface area contributed by atoms with E-state index in [1.807, 2.05) is 24.3 Å². The fraction of sp³-hybridized carbons (Fsp3) is 0.520. The second-order valence-corrected chi connectivity index (χ2v) is 14.7. The fourth-order valence-electron chi connectivity index (χ4n) is 4.02. The van der Waals surface area contributed by atoms with Gasteiger partial charge >= 0.3 is 0 Å². The molecule has 1 saturated heterocycles. The molecule has 33 heavy (non-hydrogen) atoms. The molecule has 182 valence electrons. The summed E-state index contributed by atoms with van der Waals surface area (Å²) in [7, 11) is -7.42. The molecule has 0 spiro atoms. The number of hydrogen-bond acceptors (Lipinski definition) is 4. The lowest BCUT2D eigenvalue weighted by Crippen LogP contribution is -2.55. The zero-order valence-corrected chi connectivity index (χ0v) is 22.3. The van der Waals surface area contributed by atoms with Crippen LogP contribution in [0, 0.1) is 0 Å². The van der Waals surface area contributed by atoms with Gasteiger partial charge in [0.2, 0.25) is 20.0 Å². The minimum absolute atomic E-state index is 0.0676. The second kappa shape index (κ2) is 8.80. The zero-order valence-electron chi connectivity index (χ0n) is 20.7. The molecule has 1 fully saturated rings. The van der Waals surface area contributed by atoms with Crippen molar-refractivity contribution in [3.05, 3.63) is 59.7 Å². The summed E-state index contributed by atoms with van der Waals surface area (Å²) in [6.45, 7) is 14.6. The second-order valence-electron chi connectivity index (χ2n) is 10.9. The number of rotatable bonds is 4. The first-order chi connectivity index (χ1) is 15.0. The quantitative estimate of drug-likeness (QED) is 0.635. The SMILES string of the molecule is C[C@H]1CN(S(=O)(=O)c2ccc(C(C)(C)C)cc2)CCN1S(=O)(=O)c1ccc(C(C)(C)C)cc1. The Kier molecular flexibility index (Phi) is 6.90. The Morgan fingerprint density at radius 2 is 1.06 bits per heavy atom. The van der Waals surface area contributed by atoms with Crippen LogP contribution in [0.5, 0.6) is 0 Å². The first kappa shape index (κ1) is 25.9. The molecule has 0 radical (unpaired) electrons. The van der Waals surface area contributed by atoms with Crippen molar-refractivity contribution in [3.8, 4) is 0 Å². The molecule has 2 aromatic carbocycles. The molecule has 0 amide bonds. The molecule has 1 heterocycles. The summed E-state index contributed by atoms with van der Waals surface area (Å²) in [5, 5.41) is 0. The summed E-state index contributed by atoms with van der Waals surface area (Å²) in [4.78, 5) is 0.466. The molecule has 8 heteroatoms. The van der Waals surface area contributed by atoms with Gasteiger partial charge in [-0.25, -0.2) is 16.8 Å². The van der Waals surface area contributed by atoms with Crippen LogP contribution in [0.1, 0.15) is 59.6 Å². The summed E-state index contributed by atoms with van der Waals surface area (Å²) in [5.74, 6) is 0. The Labute approximate surface area is 199 Å². The van der Waals surface area contributed by atoms with Gasteiger partial charge in [0.25, 0.3) is 0 Å². The number of piperazine rings is 1. The van der Waals surface area contributed by atoms with E-state index in [4.69, 9.17) is 0 Å². The lowest BCUT2D eigenvalue weighted by atomic mass is 9.87. The first-order valence-electron chi connectivity index (χ1n) is 11.3. The van der Waals surface area contributed by atoms with E-state index < -0.39 is 26.1 Å².